The van der Waals surface area contributed by atoms with Crippen molar-refractivity contribution < 1.29 is 0 Å². The highest BCUT2D eigenvalue weighted by atomic mass is 15.5. The van der Waals surface area contributed by atoms with Crippen molar-refractivity contribution in [2.24, 2.45) is 0 Å². The van der Waals surface area contributed by atoms with Crippen LogP contribution in [0.2, 0.25) is 0 Å². The van der Waals surface area contributed by atoms with Crippen LogP contribution in [0.3, 0.4) is 0 Å². The van der Waals surface area contributed by atoms with Crippen molar-refractivity contribution in [2.75, 3.05) is 18.2 Å². The number of nitrogens with zero attached hydrogens (tertiary/aromatic N) is 3. The molecule has 11 heavy (non-hydrogen) atoms. The van der Waals surface area contributed by atoms with Gasteiger partial charge >= 0.3 is 0 Å². The standard InChI is InChI=1S/C6H9N5/c1-8-10-4-9-11-5(7)2-3-6(10)11/h2-4,8H,7H2,1H3. The summed E-state index contributed by atoms with van der Waals surface area (Å²) < 4.78 is 3.45. The summed E-state index contributed by atoms with van der Waals surface area (Å²) in [4.78, 5) is 0. The molecule has 2 rings (SSSR count). The minimum absolute atomic E-state index is 0.647. The van der Waals surface area contributed by atoms with E-state index in [0.717, 1.165) is 5.65 Å². The van der Waals surface area contributed by atoms with E-state index in [1.165, 1.54) is 0 Å². The first-order valence-electron chi connectivity index (χ1n) is 3.31. The van der Waals surface area contributed by atoms with E-state index < -0.39 is 0 Å². The Kier molecular flexibility index (Phi) is 1.06. The Hall–Kier alpha value is -1.65. The Morgan fingerprint density at radius 2 is 2.36 bits per heavy atom. The van der Waals surface area contributed by atoms with E-state index in [1.807, 2.05) is 19.2 Å². The Morgan fingerprint density at radius 1 is 1.55 bits per heavy atom. The number of hydrogen-bond acceptors (Lipinski definition) is 3. The molecule has 0 unspecified atom stereocenters. The van der Waals surface area contributed by atoms with Gasteiger partial charge in [-0.05, 0) is 12.1 Å². The molecule has 0 aromatic carbocycles. The van der Waals surface area contributed by atoms with Gasteiger partial charge in [-0.15, -0.1) is 0 Å². The molecule has 0 aliphatic carbocycles. The van der Waals surface area contributed by atoms with Gasteiger partial charge in [-0.1, -0.05) is 0 Å². The van der Waals surface area contributed by atoms with Crippen molar-refractivity contribution in [2.45, 2.75) is 0 Å². The van der Waals surface area contributed by atoms with Crippen molar-refractivity contribution in [3.8, 4) is 0 Å². The summed E-state index contributed by atoms with van der Waals surface area (Å²) in [7, 11) is 1.82. The molecule has 5 heteroatoms. The third-order valence-corrected chi connectivity index (χ3v) is 1.64. The predicted molar refractivity (Wildman–Crippen MR) is 42.9 cm³/mol. The monoisotopic (exact) mass is 151 g/mol. The molecular weight excluding hydrogens is 142 g/mol. The number of fused-ring (bicyclic) bond motifs is 1. The predicted octanol–water partition coefficient (Wildman–Crippen LogP) is -0.109. The third kappa shape index (κ3) is 0.674. The number of nitrogens with one attached hydrogen (secondary N) is 1. The zero-order valence-electron chi connectivity index (χ0n) is 6.15. The molecule has 3 N–H and O–H groups in total. The first-order chi connectivity index (χ1) is 5.33. The van der Waals surface area contributed by atoms with E-state index in [-0.39, 0.29) is 0 Å². The first-order valence-corrected chi connectivity index (χ1v) is 3.31. The second kappa shape index (κ2) is 1.91. The van der Waals surface area contributed by atoms with Crippen LogP contribution in [0.1, 0.15) is 0 Å². The maximum atomic E-state index is 5.60. The van der Waals surface area contributed by atoms with Crippen molar-refractivity contribution >= 4 is 11.5 Å². The highest BCUT2D eigenvalue weighted by molar-refractivity contribution is 5.50. The number of aromatic nitrogens is 3. The van der Waals surface area contributed by atoms with E-state index in [1.54, 1.807) is 15.5 Å². The number of anilines is 1. The molecule has 0 saturated carbocycles. The SMILES string of the molecule is CNn1cnn2c(N)ccc12. The van der Waals surface area contributed by atoms with Crippen LogP contribution in [0.4, 0.5) is 5.82 Å². The molecule has 5 nitrogen and oxygen atoms in total. The second-order valence-corrected chi connectivity index (χ2v) is 2.25. The number of nitrogen functional groups attached to an aromatic ring is 1. The Morgan fingerprint density at radius 3 is 3.09 bits per heavy atom. The highest BCUT2D eigenvalue weighted by Gasteiger charge is 2.01. The Balaban J connectivity index is 2.77. The van der Waals surface area contributed by atoms with Gasteiger partial charge in [0.05, 0.1) is 0 Å². The molecule has 0 amide bonds. The molecule has 2 heterocycles. The zero-order chi connectivity index (χ0) is 7.84. The van der Waals surface area contributed by atoms with E-state index in [2.05, 4.69) is 10.5 Å². The smallest absolute Gasteiger partial charge is 0.156 e. The van der Waals surface area contributed by atoms with Gasteiger partial charge in [0.2, 0.25) is 0 Å². The van der Waals surface area contributed by atoms with Crippen LogP contribution in [0, 0.1) is 0 Å². The summed E-state index contributed by atoms with van der Waals surface area (Å²) in [6, 6.07) is 3.72. The van der Waals surface area contributed by atoms with Crippen LogP contribution in [0.15, 0.2) is 18.5 Å². The molecular formula is C6H9N5. The summed E-state index contributed by atoms with van der Waals surface area (Å²) in [5, 5.41) is 4.04. The van der Waals surface area contributed by atoms with Gasteiger partial charge in [-0.25, -0.2) is 4.68 Å². The summed E-state index contributed by atoms with van der Waals surface area (Å²) in [5.74, 6) is 0.647. The fourth-order valence-electron chi connectivity index (χ4n) is 1.08. The number of hydrogen-bond donors (Lipinski definition) is 2. The lowest BCUT2D eigenvalue weighted by atomic mass is 10.6. The van der Waals surface area contributed by atoms with E-state index in [4.69, 9.17) is 5.73 Å². The average molecular weight is 151 g/mol. The maximum absolute atomic E-state index is 5.60. The minimum Gasteiger partial charge on any atom is -0.384 e. The summed E-state index contributed by atoms with van der Waals surface area (Å²) in [6.45, 7) is 0. The quantitative estimate of drug-likeness (QED) is 0.598. The van der Waals surface area contributed by atoms with Gasteiger partial charge in [0.25, 0.3) is 0 Å². The molecule has 58 valence electrons. The lowest BCUT2D eigenvalue weighted by Crippen LogP contribution is -2.06. The molecule has 0 bridgehead atoms. The van der Waals surface area contributed by atoms with Crippen LogP contribution in [0.5, 0.6) is 0 Å². The van der Waals surface area contributed by atoms with Crippen LogP contribution in [0.25, 0.3) is 5.65 Å². The topological polar surface area (TPSA) is 60.3 Å². The van der Waals surface area contributed by atoms with Crippen molar-refractivity contribution in [1.29, 1.82) is 0 Å². The summed E-state index contributed by atoms with van der Waals surface area (Å²) in [6.07, 6.45) is 1.67. The third-order valence-electron chi connectivity index (χ3n) is 1.64. The maximum Gasteiger partial charge on any atom is 0.156 e. The molecule has 0 saturated heterocycles. The van der Waals surface area contributed by atoms with Gasteiger partial charge in [0.15, 0.2) is 5.65 Å². The second-order valence-electron chi connectivity index (χ2n) is 2.25. The van der Waals surface area contributed by atoms with Crippen LogP contribution >= 0.6 is 0 Å². The van der Waals surface area contributed by atoms with Gasteiger partial charge < -0.3 is 11.2 Å². The summed E-state index contributed by atoms with van der Waals surface area (Å²) in [5.41, 5.74) is 9.48. The van der Waals surface area contributed by atoms with Crippen LogP contribution < -0.4 is 11.2 Å². The fourth-order valence-corrected chi connectivity index (χ4v) is 1.08. The Labute approximate surface area is 63.4 Å². The Bertz CT molecular complexity index is 371. The van der Waals surface area contributed by atoms with Crippen molar-refractivity contribution in [1.82, 2.24) is 14.3 Å². The molecule has 0 fully saturated rings. The lowest BCUT2D eigenvalue weighted by molar-refractivity contribution is 0.951. The van der Waals surface area contributed by atoms with Gasteiger partial charge in [0, 0.05) is 7.05 Å². The lowest BCUT2D eigenvalue weighted by Gasteiger charge is -1.96. The highest BCUT2D eigenvalue weighted by Crippen LogP contribution is 2.08. The summed E-state index contributed by atoms with van der Waals surface area (Å²) >= 11 is 0. The van der Waals surface area contributed by atoms with Crippen LogP contribution in [-0.4, -0.2) is 21.3 Å². The minimum atomic E-state index is 0.647. The van der Waals surface area contributed by atoms with E-state index >= 15 is 0 Å². The van der Waals surface area contributed by atoms with E-state index in [0.29, 0.717) is 5.82 Å². The van der Waals surface area contributed by atoms with Crippen molar-refractivity contribution in [3.05, 3.63) is 18.5 Å². The number of nitrogens with two attached hydrogens (primary N) is 1. The van der Waals surface area contributed by atoms with Gasteiger partial charge in [-0.2, -0.15) is 9.61 Å². The molecule has 2 aromatic rings. The molecule has 0 aliphatic heterocycles. The molecule has 0 aliphatic rings. The average Bonchev–Trinajstić information content (AvgIpc) is 2.53. The molecule has 0 atom stereocenters. The van der Waals surface area contributed by atoms with Gasteiger partial charge in [-0.3, -0.25) is 0 Å². The zero-order valence-corrected chi connectivity index (χ0v) is 6.15. The normalized spacial score (nSPS) is 10.6. The van der Waals surface area contributed by atoms with Gasteiger partial charge in [0.1, 0.15) is 12.1 Å². The molecule has 0 radical (unpaired) electrons. The number of rotatable bonds is 1. The van der Waals surface area contributed by atoms with Crippen LogP contribution in [-0.2, 0) is 0 Å². The molecule has 0 spiro atoms. The largest absolute Gasteiger partial charge is 0.384 e. The first kappa shape index (κ1) is 6.09. The van der Waals surface area contributed by atoms with E-state index in [9.17, 15) is 0 Å². The van der Waals surface area contributed by atoms with Crippen molar-refractivity contribution in [3.63, 3.8) is 0 Å². The molecule has 2 aromatic heterocycles. The fraction of sp³-hybridized carbons (Fsp3) is 0.167.